The van der Waals surface area contributed by atoms with Gasteiger partial charge in [-0.1, -0.05) is 42.5 Å². The highest BCUT2D eigenvalue weighted by molar-refractivity contribution is 14.0. The number of amides is 2. The van der Waals surface area contributed by atoms with Gasteiger partial charge >= 0.3 is 0 Å². The van der Waals surface area contributed by atoms with Gasteiger partial charge in [0.25, 0.3) is 11.8 Å². The third-order valence-electron chi connectivity index (χ3n) is 6.40. The molecule has 2 atom stereocenters. The molecule has 1 saturated heterocycles. The standard InChI is InChI=1S/C26H33N5O2.HI/c1-3-27-26(28-14-16-31-24(32)22-11-7-8-12-23(22)25(31)33)29-21-13-15-30(19(2)17-21)18-20-9-5-4-6-10-20;/h4-12,19,21H,3,13-18H2,1-2H3,(H2,27,28,29);1H. The zero-order chi connectivity index (χ0) is 23.2. The van der Waals surface area contributed by atoms with Crippen LogP contribution >= 0.6 is 24.0 Å². The number of carbonyl (C=O) groups excluding carboxylic acids is 2. The fourth-order valence-electron chi connectivity index (χ4n) is 4.62. The van der Waals surface area contributed by atoms with Crippen LogP contribution in [0.1, 0.15) is 53.0 Å². The predicted molar refractivity (Wildman–Crippen MR) is 146 cm³/mol. The lowest BCUT2D eigenvalue weighted by Crippen LogP contribution is -2.51. The summed E-state index contributed by atoms with van der Waals surface area (Å²) in [4.78, 5) is 33.6. The fourth-order valence-corrected chi connectivity index (χ4v) is 4.62. The molecule has 2 heterocycles. The second kappa shape index (κ2) is 12.3. The van der Waals surface area contributed by atoms with Gasteiger partial charge in [-0.15, -0.1) is 24.0 Å². The summed E-state index contributed by atoms with van der Waals surface area (Å²) in [7, 11) is 0. The summed E-state index contributed by atoms with van der Waals surface area (Å²) in [5, 5.41) is 6.86. The van der Waals surface area contributed by atoms with Crippen LogP contribution in [0.4, 0.5) is 0 Å². The Morgan fingerprint density at radius 2 is 1.68 bits per heavy atom. The topological polar surface area (TPSA) is 77.0 Å². The maximum absolute atomic E-state index is 12.5. The Labute approximate surface area is 219 Å². The molecular formula is C26H34IN5O2. The molecule has 2 aliphatic rings. The molecule has 0 saturated carbocycles. The van der Waals surface area contributed by atoms with E-state index in [-0.39, 0.29) is 42.3 Å². The molecule has 0 radical (unpaired) electrons. The number of imide groups is 1. The first-order chi connectivity index (χ1) is 16.1. The first kappa shape index (κ1) is 26.2. The number of nitrogens with zero attached hydrogens (tertiary/aromatic N) is 3. The molecule has 182 valence electrons. The second-order valence-electron chi connectivity index (χ2n) is 8.74. The molecule has 4 rings (SSSR count). The molecule has 2 unspecified atom stereocenters. The Bertz CT molecular complexity index is 978. The summed E-state index contributed by atoms with van der Waals surface area (Å²) in [6, 6.07) is 18.4. The van der Waals surface area contributed by atoms with Crippen LogP contribution in [0.5, 0.6) is 0 Å². The van der Waals surface area contributed by atoms with Gasteiger partial charge in [0.05, 0.1) is 17.7 Å². The van der Waals surface area contributed by atoms with Gasteiger partial charge in [0.1, 0.15) is 0 Å². The van der Waals surface area contributed by atoms with E-state index in [9.17, 15) is 9.59 Å². The van der Waals surface area contributed by atoms with Crippen molar-refractivity contribution in [3.63, 3.8) is 0 Å². The summed E-state index contributed by atoms with van der Waals surface area (Å²) in [5.41, 5.74) is 2.30. The van der Waals surface area contributed by atoms with Crippen LogP contribution < -0.4 is 10.6 Å². The summed E-state index contributed by atoms with van der Waals surface area (Å²) >= 11 is 0. The number of carbonyl (C=O) groups is 2. The average Bonchev–Trinajstić information content (AvgIpc) is 3.07. The van der Waals surface area contributed by atoms with Crippen LogP contribution in [-0.2, 0) is 6.54 Å². The van der Waals surface area contributed by atoms with E-state index in [0.717, 1.165) is 38.4 Å². The number of benzene rings is 2. The minimum Gasteiger partial charge on any atom is -0.357 e. The number of nitrogens with one attached hydrogen (secondary N) is 2. The number of fused-ring (bicyclic) bond motifs is 1. The molecular weight excluding hydrogens is 541 g/mol. The molecule has 0 bridgehead atoms. The zero-order valence-electron chi connectivity index (χ0n) is 19.9. The lowest BCUT2D eigenvalue weighted by molar-refractivity contribution is 0.0659. The van der Waals surface area contributed by atoms with E-state index in [1.54, 1.807) is 24.3 Å². The van der Waals surface area contributed by atoms with E-state index in [0.29, 0.717) is 29.8 Å². The van der Waals surface area contributed by atoms with Crippen molar-refractivity contribution >= 4 is 41.8 Å². The quantitative estimate of drug-likeness (QED) is 0.229. The molecule has 34 heavy (non-hydrogen) atoms. The van der Waals surface area contributed by atoms with Crippen LogP contribution in [0.25, 0.3) is 0 Å². The Kier molecular flexibility index (Phi) is 9.46. The number of likely N-dealkylation sites (tertiary alicyclic amines) is 1. The van der Waals surface area contributed by atoms with Crippen molar-refractivity contribution in [3.05, 3.63) is 71.3 Å². The van der Waals surface area contributed by atoms with E-state index < -0.39 is 0 Å². The fraction of sp³-hybridized carbons (Fsp3) is 0.423. The molecule has 0 aromatic heterocycles. The van der Waals surface area contributed by atoms with E-state index in [1.807, 2.05) is 6.92 Å². The Balaban J connectivity index is 0.00000324. The largest absolute Gasteiger partial charge is 0.357 e. The van der Waals surface area contributed by atoms with Gasteiger partial charge in [0.2, 0.25) is 0 Å². The maximum Gasteiger partial charge on any atom is 0.261 e. The van der Waals surface area contributed by atoms with Gasteiger partial charge in [-0.2, -0.15) is 0 Å². The van der Waals surface area contributed by atoms with Crippen LogP contribution in [-0.4, -0.2) is 65.8 Å². The number of rotatable bonds is 7. The van der Waals surface area contributed by atoms with Gasteiger partial charge in [0.15, 0.2) is 5.96 Å². The number of guanidine groups is 1. The van der Waals surface area contributed by atoms with Crippen LogP contribution in [0.2, 0.25) is 0 Å². The number of aliphatic imine (C=N–C) groups is 1. The van der Waals surface area contributed by atoms with E-state index in [1.165, 1.54) is 10.5 Å². The highest BCUT2D eigenvalue weighted by Gasteiger charge is 2.34. The molecule has 8 heteroatoms. The summed E-state index contributed by atoms with van der Waals surface area (Å²) in [6.07, 6.45) is 2.08. The highest BCUT2D eigenvalue weighted by atomic mass is 127. The predicted octanol–water partition coefficient (Wildman–Crippen LogP) is 3.51. The minimum atomic E-state index is -0.233. The number of piperidine rings is 1. The number of halogens is 1. The van der Waals surface area contributed by atoms with Gasteiger partial charge in [-0.3, -0.25) is 24.4 Å². The monoisotopic (exact) mass is 575 g/mol. The molecule has 0 aliphatic carbocycles. The molecule has 2 amide bonds. The van der Waals surface area contributed by atoms with Gasteiger partial charge in [-0.05, 0) is 44.4 Å². The van der Waals surface area contributed by atoms with E-state index in [4.69, 9.17) is 0 Å². The smallest absolute Gasteiger partial charge is 0.261 e. The molecule has 7 nitrogen and oxygen atoms in total. The molecule has 2 aliphatic heterocycles. The number of hydrogen-bond donors (Lipinski definition) is 2. The lowest BCUT2D eigenvalue weighted by atomic mass is 9.97. The van der Waals surface area contributed by atoms with Crippen molar-refractivity contribution in [1.29, 1.82) is 0 Å². The Hall–Kier alpha value is -2.46. The van der Waals surface area contributed by atoms with Crippen molar-refractivity contribution in [2.75, 3.05) is 26.2 Å². The van der Waals surface area contributed by atoms with Crippen molar-refractivity contribution in [2.24, 2.45) is 4.99 Å². The summed E-state index contributed by atoms with van der Waals surface area (Å²) in [6.45, 7) is 7.71. The van der Waals surface area contributed by atoms with Gasteiger partial charge in [0, 0.05) is 38.3 Å². The van der Waals surface area contributed by atoms with E-state index in [2.05, 4.69) is 57.8 Å². The third kappa shape index (κ3) is 6.15. The molecule has 1 fully saturated rings. The molecule has 2 aromatic rings. The first-order valence-electron chi connectivity index (χ1n) is 11.8. The number of hydrogen-bond acceptors (Lipinski definition) is 4. The van der Waals surface area contributed by atoms with E-state index >= 15 is 0 Å². The zero-order valence-corrected chi connectivity index (χ0v) is 22.2. The third-order valence-corrected chi connectivity index (χ3v) is 6.40. The highest BCUT2D eigenvalue weighted by Crippen LogP contribution is 2.22. The van der Waals surface area contributed by atoms with Crippen molar-refractivity contribution in [2.45, 2.75) is 45.3 Å². The Morgan fingerprint density at radius 1 is 1.03 bits per heavy atom. The van der Waals surface area contributed by atoms with Gasteiger partial charge in [-0.25, -0.2) is 0 Å². The van der Waals surface area contributed by atoms with Crippen molar-refractivity contribution in [3.8, 4) is 0 Å². The summed E-state index contributed by atoms with van der Waals surface area (Å²) in [5.74, 6) is 0.273. The van der Waals surface area contributed by atoms with Crippen molar-refractivity contribution < 1.29 is 9.59 Å². The second-order valence-corrected chi connectivity index (χ2v) is 8.74. The van der Waals surface area contributed by atoms with Crippen LogP contribution in [0, 0.1) is 0 Å². The minimum absolute atomic E-state index is 0. The lowest BCUT2D eigenvalue weighted by Gasteiger charge is -2.38. The molecule has 2 aromatic carbocycles. The van der Waals surface area contributed by atoms with Crippen molar-refractivity contribution in [1.82, 2.24) is 20.4 Å². The Morgan fingerprint density at radius 3 is 2.29 bits per heavy atom. The van der Waals surface area contributed by atoms with Crippen LogP contribution in [0.15, 0.2) is 59.6 Å². The molecule has 2 N–H and O–H groups in total. The summed E-state index contributed by atoms with van der Waals surface area (Å²) < 4.78 is 0. The molecule has 0 spiro atoms. The first-order valence-corrected chi connectivity index (χ1v) is 11.8. The normalized spacial score (nSPS) is 20.6. The maximum atomic E-state index is 12.5. The van der Waals surface area contributed by atoms with Gasteiger partial charge < -0.3 is 10.6 Å². The average molecular weight is 575 g/mol. The SMILES string of the molecule is CCNC(=NCCN1C(=O)c2ccccc2C1=O)NC1CCN(Cc2ccccc2)C(C)C1.I. The van der Waals surface area contributed by atoms with Crippen LogP contribution in [0.3, 0.4) is 0 Å².